The summed E-state index contributed by atoms with van der Waals surface area (Å²) in [5.41, 5.74) is 2.22. The summed E-state index contributed by atoms with van der Waals surface area (Å²) < 4.78 is 29.6. The molecule has 0 bridgehead atoms. The number of benzene rings is 2. The van der Waals surface area contributed by atoms with Gasteiger partial charge in [-0.3, -0.25) is 14.4 Å². The van der Waals surface area contributed by atoms with Crippen molar-refractivity contribution in [1.29, 1.82) is 0 Å². The van der Waals surface area contributed by atoms with E-state index in [0.29, 0.717) is 32.3 Å². The molecule has 0 fully saturated rings. The van der Waals surface area contributed by atoms with E-state index in [9.17, 15) is 22.8 Å². The summed E-state index contributed by atoms with van der Waals surface area (Å²) in [6.07, 6.45) is 0.167. The predicted octanol–water partition coefficient (Wildman–Crippen LogP) is 3.52. The zero-order chi connectivity index (χ0) is 25.9. The van der Waals surface area contributed by atoms with Crippen molar-refractivity contribution in [1.82, 2.24) is 19.3 Å². The maximum Gasteiger partial charge on any atom is 0.301 e. The Morgan fingerprint density at radius 3 is 2.29 bits per heavy atom. The molecular formula is C23H24Cl2N4O5S. The van der Waals surface area contributed by atoms with Crippen LogP contribution in [0.15, 0.2) is 42.5 Å². The second-order valence-corrected chi connectivity index (χ2v) is 10.2. The van der Waals surface area contributed by atoms with Gasteiger partial charge in [0.15, 0.2) is 5.78 Å². The van der Waals surface area contributed by atoms with E-state index in [1.165, 1.54) is 6.92 Å². The van der Waals surface area contributed by atoms with Crippen molar-refractivity contribution < 1.29 is 22.8 Å². The first kappa shape index (κ1) is 26.7. The molecule has 0 saturated carbocycles. The Morgan fingerprint density at radius 1 is 1.03 bits per heavy atom. The van der Waals surface area contributed by atoms with Gasteiger partial charge in [0.2, 0.25) is 5.91 Å². The van der Waals surface area contributed by atoms with Crippen LogP contribution in [0.5, 0.6) is 0 Å². The monoisotopic (exact) mass is 538 g/mol. The molecule has 9 nitrogen and oxygen atoms in total. The van der Waals surface area contributed by atoms with E-state index in [4.69, 9.17) is 23.2 Å². The van der Waals surface area contributed by atoms with E-state index in [0.717, 1.165) is 12.4 Å². The largest absolute Gasteiger partial charge is 0.344 e. The van der Waals surface area contributed by atoms with Crippen molar-refractivity contribution in [2.75, 3.05) is 6.54 Å². The lowest BCUT2D eigenvalue weighted by Gasteiger charge is -2.20. The van der Waals surface area contributed by atoms with Crippen LogP contribution in [0, 0.1) is 0 Å². The van der Waals surface area contributed by atoms with Crippen LogP contribution < -0.4 is 14.8 Å². The first-order chi connectivity index (χ1) is 16.4. The van der Waals surface area contributed by atoms with E-state index in [1.807, 2.05) is 4.72 Å². The van der Waals surface area contributed by atoms with Gasteiger partial charge in [-0.1, -0.05) is 47.5 Å². The molecule has 0 aliphatic carbocycles. The van der Waals surface area contributed by atoms with E-state index >= 15 is 0 Å². The lowest BCUT2D eigenvalue weighted by atomic mass is 10.0. The van der Waals surface area contributed by atoms with Crippen LogP contribution in [0.25, 0.3) is 10.9 Å². The van der Waals surface area contributed by atoms with Gasteiger partial charge in [-0.2, -0.15) is 13.1 Å². The number of aryl methyl sites for hydroxylation is 1. The number of nitrogens with one attached hydrogen (secondary N) is 3. The predicted molar refractivity (Wildman–Crippen MR) is 135 cm³/mol. The molecule has 0 radical (unpaired) electrons. The lowest BCUT2D eigenvalue weighted by molar-refractivity contribution is -0.117. The average Bonchev–Trinajstić information content (AvgIpc) is 3.11. The number of fused-ring (bicyclic) bond motifs is 1. The van der Waals surface area contributed by atoms with Crippen molar-refractivity contribution in [2.24, 2.45) is 7.05 Å². The van der Waals surface area contributed by atoms with Gasteiger partial charge in [0.1, 0.15) is 5.69 Å². The molecule has 2 aromatic carbocycles. The molecule has 1 heterocycles. The summed E-state index contributed by atoms with van der Waals surface area (Å²) in [5.74, 6) is -1.25. The average molecular weight is 539 g/mol. The Kier molecular flexibility index (Phi) is 8.22. The van der Waals surface area contributed by atoms with Crippen molar-refractivity contribution in [3.8, 4) is 0 Å². The maximum absolute atomic E-state index is 13.2. The van der Waals surface area contributed by atoms with Crippen molar-refractivity contribution in [3.63, 3.8) is 0 Å². The molecule has 35 heavy (non-hydrogen) atoms. The molecule has 1 atom stereocenters. The molecule has 0 spiro atoms. The standard InChI is InChI=1S/C23H24Cl2N4O5S/c1-13(30)15-4-6-16(7-5-15)19(10-11-26-35(33,34)28-14(2)31)27-23(32)21-12-17-20(29(21)3)9-8-18(24)22(17)25/h4-9,12,19,26H,10-11H2,1-3H3,(H,27,32)(H,28,31). The molecule has 12 heteroatoms. The zero-order valence-electron chi connectivity index (χ0n) is 19.2. The summed E-state index contributed by atoms with van der Waals surface area (Å²) in [4.78, 5) is 36.0. The van der Waals surface area contributed by atoms with Crippen LogP contribution in [-0.4, -0.2) is 37.1 Å². The fourth-order valence-corrected chi connectivity index (χ4v) is 4.85. The minimum Gasteiger partial charge on any atom is -0.344 e. The molecule has 1 unspecified atom stereocenters. The van der Waals surface area contributed by atoms with Gasteiger partial charge in [0.25, 0.3) is 5.91 Å². The fourth-order valence-electron chi connectivity index (χ4n) is 3.63. The first-order valence-corrected chi connectivity index (χ1v) is 12.8. The highest BCUT2D eigenvalue weighted by atomic mass is 35.5. The van der Waals surface area contributed by atoms with Crippen LogP contribution in [0.1, 0.15) is 52.7 Å². The van der Waals surface area contributed by atoms with Crippen LogP contribution >= 0.6 is 23.2 Å². The van der Waals surface area contributed by atoms with Crippen molar-refractivity contribution in [3.05, 3.63) is 69.3 Å². The Hall–Kier alpha value is -2.92. The SMILES string of the molecule is CC(=O)NS(=O)(=O)NCCC(NC(=O)c1cc2c(Cl)c(Cl)ccc2n1C)c1ccc(C(C)=O)cc1. The number of ketones is 1. The Morgan fingerprint density at radius 2 is 1.69 bits per heavy atom. The van der Waals surface area contributed by atoms with Gasteiger partial charge in [0, 0.05) is 37.0 Å². The Bertz CT molecular complexity index is 1400. The Labute approximate surface area is 213 Å². The fraction of sp³-hybridized carbons (Fsp3) is 0.261. The van der Waals surface area contributed by atoms with E-state index in [1.54, 1.807) is 54.1 Å². The molecule has 2 amide bonds. The van der Waals surface area contributed by atoms with Gasteiger partial charge in [0.05, 0.1) is 16.1 Å². The molecule has 186 valence electrons. The highest BCUT2D eigenvalue weighted by Crippen LogP contribution is 2.32. The quantitative estimate of drug-likeness (QED) is 0.359. The van der Waals surface area contributed by atoms with Gasteiger partial charge in [-0.15, -0.1) is 0 Å². The van der Waals surface area contributed by atoms with Gasteiger partial charge >= 0.3 is 10.2 Å². The number of Topliss-reactive ketones (excluding diaryl/α,β-unsaturated/α-hetero) is 1. The number of halogens is 2. The van der Waals surface area contributed by atoms with Gasteiger partial charge in [-0.05, 0) is 37.1 Å². The third-order valence-corrected chi connectivity index (χ3v) is 7.33. The van der Waals surface area contributed by atoms with Crippen LogP contribution in [0.3, 0.4) is 0 Å². The molecule has 0 aliphatic rings. The number of aromatic nitrogens is 1. The molecule has 3 rings (SSSR count). The Balaban J connectivity index is 1.87. The summed E-state index contributed by atoms with van der Waals surface area (Å²) in [5, 5.41) is 4.24. The van der Waals surface area contributed by atoms with Crippen molar-refractivity contribution in [2.45, 2.75) is 26.3 Å². The molecule has 0 aliphatic heterocycles. The molecule has 3 N–H and O–H groups in total. The van der Waals surface area contributed by atoms with Gasteiger partial charge < -0.3 is 9.88 Å². The summed E-state index contributed by atoms with van der Waals surface area (Å²) in [6, 6.07) is 11.1. The van der Waals surface area contributed by atoms with Crippen LogP contribution in [0.2, 0.25) is 10.0 Å². The number of amides is 2. The lowest BCUT2D eigenvalue weighted by Crippen LogP contribution is -2.40. The second kappa shape index (κ2) is 10.8. The molecule has 0 saturated heterocycles. The third-order valence-electron chi connectivity index (χ3n) is 5.37. The minimum atomic E-state index is -4.03. The van der Waals surface area contributed by atoms with E-state index in [2.05, 4.69) is 10.0 Å². The van der Waals surface area contributed by atoms with E-state index in [-0.39, 0.29) is 18.7 Å². The van der Waals surface area contributed by atoms with Crippen molar-refractivity contribution >= 4 is 61.9 Å². The maximum atomic E-state index is 13.2. The smallest absolute Gasteiger partial charge is 0.301 e. The minimum absolute atomic E-state index is 0.0709. The number of hydrogen-bond donors (Lipinski definition) is 3. The summed E-state index contributed by atoms with van der Waals surface area (Å²) in [6.45, 7) is 2.46. The first-order valence-electron chi connectivity index (χ1n) is 10.5. The molecular weight excluding hydrogens is 515 g/mol. The third kappa shape index (κ3) is 6.40. The van der Waals surface area contributed by atoms with Gasteiger partial charge in [-0.25, -0.2) is 4.72 Å². The van der Waals surface area contributed by atoms with Crippen LogP contribution in [-0.2, 0) is 22.1 Å². The number of carbonyl (C=O) groups excluding carboxylic acids is 3. The van der Waals surface area contributed by atoms with Crippen LogP contribution in [0.4, 0.5) is 0 Å². The summed E-state index contributed by atoms with van der Waals surface area (Å²) in [7, 11) is -2.31. The normalized spacial score (nSPS) is 12.4. The number of hydrogen-bond acceptors (Lipinski definition) is 5. The topological polar surface area (TPSA) is 126 Å². The molecule has 3 aromatic rings. The number of nitrogens with zero attached hydrogens (tertiary/aromatic N) is 1. The zero-order valence-corrected chi connectivity index (χ0v) is 21.5. The number of carbonyl (C=O) groups is 3. The highest BCUT2D eigenvalue weighted by Gasteiger charge is 2.21. The summed E-state index contributed by atoms with van der Waals surface area (Å²) >= 11 is 12.4. The van der Waals surface area contributed by atoms with E-state index < -0.39 is 28.1 Å². The second-order valence-electron chi connectivity index (χ2n) is 7.93. The number of rotatable bonds is 9. The molecule has 1 aromatic heterocycles. The highest BCUT2D eigenvalue weighted by molar-refractivity contribution is 7.88.